The molecule has 1 atom stereocenters. The second kappa shape index (κ2) is 8.41. The Bertz CT molecular complexity index is 669. The molecule has 3 rings (SSSR count). The Morgan fingerprint density at radius 3 is 2.44 bits per heavy atom. The van der Waals surface area contributed by atoms with Gasteiger partial charge in [-0.15, -0.1) is 0 Å². The summed E-state index contributed by atoms with van der Waals surface area (Å²) in [6.07, 6.45) is 0. The van der Waals surface area contributed by atoms with E-state index in [1.807, 2.05) is 24.3 Å². The summed E-state index contributed by atoms with van der Waals surface area (Å²) in [6.45, 7) is 10.6. The number of amides is 3. The van der Waals surface area contributed by atoms with E-state index in [2.05, 4.69) is 29.9 Å². The number of hydrogen-bond acceptors (Lipinski definition) is 5. The minimum atomic E-state index is -1.19. The molecule has 1 aromatic rings. The number of nitrogens with one attached hydrogen (secondary N) is 1. The van der Waals surface area contributed by atoms with Gasteiger partial charge in [0.25, 0.3) is 5.91 Å². The van der Waals surface area contributed by atoms with Crippen LogP contribution in [0.5, 0.6) is 0 Å². The predicted molar refractivity (Wildman–Crippen MR) is 107 cm³/mol. The molecule has 0 radical (unpaired) electrons. The lowest BCUT2D eigenvalue weighted by Gasteiger charge is -2.29. The number of morpholine rings is 1. The summed E-state index contributed by atoms with van der Waals surface area (Å²) in [4.78, 5) is 28.2. The van der Waals surface area contributed by atoms with E-state index in [1.54, 1.807) is 0 Å². The number of benzene rings is 1. The molecule has 7 nitrogen and oxygen atoms in total. The van der Waals surface area contributed by atoms with Crippen LogP contribution >= 0.6 is 0 Å². The van der Waals surface area contributed by atoms with Gasteiger partial charge in [0.1, 0.15) is 12.8 Å². The van der Waals surface area contributed by atoms with Gasteiger partial charge in [0, 0.05) is 33.5 Å². The molecule has 148 valence electrons. The van der Waals surface area contributed by atoms with Crippen molar-refractivity contribution in [2.75, 3.05) is 44.5 Å². The fourth-order valence-electron chi connectivity index (χ4n) is 3.10. The van der Waals surface area contributed by atoms with Crippen molar-refractivity contribution in [3.05, 3.63) is 29.8 Å². The van der Waals surface area contributed by atoms with Crippen LogP contribution in [0.2, 0.25) is 25.7 Å². The van der Waals surface area contributed by atoms with Gasteiger partial charge in [0.05, 0.1) is 13.2 Å². The van der Waals surface area contributed by atoms with Gasteiger partial charge in [-0.25, -0.2) is 9.69 Å². The van der Waals surface area contributed by atoms with Crippen LogP contribution in [-0.2, 0) is 14.3 Å². The van der Waals surface area contributed by atoms with Crippen molar-refractivity contribution in [1.82, 2.24) is 10.2 Å². The minimum absolute atomic E-state index is 0.0114. The second-order valence-electron chi connectivity index (χ2n) is 8.19. The van der Waals surface area contributed by atoms with Crippen LogP contribution in [0.15, 0.2) is 24.3 Å². The van der Waals surface area contributed by atoms with E-state index in [0.29, 0.717) is 6.61 Å². The van der Waals surface area contributed by atoms with Crippen LogP contribution < -0.4 is 10.2 Å². The summed E-state index contributed by atoms with van der Waals surface area (Å²) in [7, 11) is -1.19. The van der Waals surface area contributed by atoms with E-state index in [4.69, 9.17) is 9.47 Å². The van der Waals surface area contributed by atoms with E-state index < -0.39 is 20.1 Å². The Morgan fingerprint density at radius 1 is 1.15 bits per heavy atom. The topological polar surface area (TPSA) is 71.1 Å². The van der Waals surface area contributed by atoms with Crippen molar-refractivity contribution in [2.24, 2.45) is 0 Å². The first-order valence-electron chi connectivity index (χ1n) is 9.47. The van der Waals surface area contributed by atoms with Gasteiger partial charge in [-0.3, -0.25) is 4.79 Å². The van der Waals surface area contributed by atoms with Crippen LogP contribution in [-0.4, -0.2) is 64.6 Å². The van der Waals surface area contributed by atoms with Crippen molar-refractivity contribution in [1.29, 1.82) is 0 Å². The van der Waals surface area contributed by atoms with E-state index in [1.165, 1.54) is 0 Å². The number of carbonyl (C=O) groups excluding carboxylic acids is 2. The third-order valence-electron chi connectivity index (χ3n) is 4.85. The lowest BCUT2D eigenvalue weighted by Crippen LogP contribution is -2.36. The second-order valence-corrected chi connectivity index (χ2v) is 13.8. The first-order chi connectivity index (χ1) is 12.8. The number of urea groups is 1. The lowest BCUT2D eigenvalue weighted by molar-refractivity contribution is -0.131. The predicted octanol–water partition coefficient (Wildman–Crippen LogP) is 2.43. The molecule has 0 bridgehead atoms. The maximum absolute atomic E-state index is 12.6. The molecule has 0 unspecified atom stereocenters. The Hall–Kier alpha value is -1.90. The highest BCUT2D eigenvalue weighted by Crippen LogP contribution is 2.25. The highest BCUT2D eigenvalue weighted by molar-refractivity contribution is 6.76. The molecule has 0 spiro atoms. The third-order valence-corrected chi connectivity index (χ3v) is 6.55. The monoisotopic (exact) mass is 391 g/mol. The lowest BCUT2D eigenvalue weighted by atomic mass is 10.1. The van der Waals surface area contributed by atoms with Crippen LogP contribution in [0.3, 0.4) is 0 Å². The molecule has 0 aromatic heterocycles. The molecule has 2 heterocycles. The summed E-state index contributed by atoms with van der Waals surface area (Å²) < 4.78 is 11.0. The molecule has 8 heteroatoms. The van der Waals surface area contributed by atoms with Gasteiger partial charge in [-0.1, -0.05) is 31.8 Å². The number of carbonyl (C=O) groups is 2. The van der Waals surface area contributed by atoms with Crippen LogP contribution in [0, 0.1) is 0 Å². The molecule has 0 saturated carbocycles. The number of anilines is 1. The van der Waals surface area contributed by atoms with Gasteiger partial charge in [0.2, 0.25) is 0 Å². The largest absolute Gasteiger partial charge is 0.378 e. The maximum atomic E-state index is 12.6. The molecular formula is C19H29N3O4Si. The molecule has 2 aliphatic rings. The summed E-state index contributed by atoms with van der Waals surface area (Å²) in [6, 6.07) is 7.77. The maximum Gasteiger partial charge on any atom is 0.327 e. The van der Waals surface area contributed by atoms with Crippen molar-refractivity contribution < 1.29 is 19.1 Å². The third kappa shape index (κ3) is 5.09. The van der Waals surface area contributed by atoms with Crippen molar-refractivity contribution in [3.8, 4) is 0 Å². The summed E-state index contributed by atoms with van der Waals surface area (Å²) >= 11 is 0. The average molecular weight is 392 g/mol. The summed E-state index contributed by atoms with van der Waals surface area (Å²) in [5.74, 6) is -0.257. The zero-order chi connectivity index (χ0) is 19.4. The Morgan fingerprint density at radius 2 is 1.81 bits per heavy atom. The fourth-order valence-corrected chi connectivity index (χ4v) is 3.86. The zero-order valence-corrected chi connectivity index (χ0v) is 17.4. The highest BCUT2D eigenvalue weighted by atomic mass is 28.3. The zero-order valence-electron chi connectivity index (χ0n) is 16.4. The van der Waals surface area contributed by atoms with E-state index in [-0.39, 0.29) is 12.6 Å². The molecule has 2 saturated heterocycles. The van der Waals surface area contributed by atoms with Crippen molar-refractivity contribution >= 4 is 25.7 Å². The summed E-state index contributed by atoms with van der Waals surface area (Å²) in [5, 5.41) is 2.76. The van der Waals surface area contributed by atoms with Gasteiger partial charge in [-0.05, 0) is 23.7 Å². The first-order valence-corrected chi connectivity index (χ1v) is 13.2. The Balaban J connectivity index is 1.57. The number of nitrogens with zero attached hydrogens (tertiary/aromatic N) is 2. The van der Waals surface area contributed by atoms with Crippen LogP contribution in [0.4, 0.5) is 10.5 Å². The molecule has 2 fully saturated rings. The first kappa shape index (κ1) is 19.8. The van der Waals surface area contributed by atoms with Crippen molar-refractivity contribution in [2.45, 2.75) is 31.7 Å². The molecule has 2 aliphatic heterocycles. The summed E-state index contributed by atoms with van der Waals surface area (Å²) in [5.41, 5.74) is 1.89. The Kier molecular flexibility index (Phi) is 6.18. The number of ether oxygens (including phenoxy) is 2. The van der Waals surface area contributed by atoms with E-state index in [0.717, 1.165) is 48.5 Å². The number of hydrogen-bond donors (Lipinski definition) is 1. The SMILES string of the molecule is C[Si](C)(C)CCOCN1C(=O)N[C@@H](c2ccc(N3CCOCC3)cc2)C1=O. The average Bonchev–Trinajstić information content (AvgIpc) is 2.93. The van der Waals surface area contributed by atoms with Crippen LogP contribution in [0.25, 0.3) is 0 Å². The van der Waals surface area contributed by atoms with Gasteiger partial charge < -0.3 is 19.7 Å². The molecule has 0 aliphatic carbocycles. The fraction of sp³-hybridized carbons (Fsp3) is 0.579. The molecule has 1 aromatic carbocycles. The van der Waals surface area contributed by atoms with Gasteiger partial charge >= 0.3 is 6.03 Å². The normalized spacial score (nSPS) is 20.9. The molecule has 1 N–H and O–H groups in total. The van der Waals surface area contributed by atoms with Gasteiger partial charge in [0.15, 0.2) is 0 Å². The quantitative estimate of drug-likeness (QED) is 0.439. The van der Waals surface area contributed by atoms with Crippen molar-refractivity contribution in [3.63, 3.8) is 0 Å². The minimum Gasteiger partial charge on any atom is -0.378 e. The smallest absolute Gasteiger partial charge is 0.327 e. The number of imide groups is 1. The molecule has 3 amide bonds. The molecule has 27 heavy (non-hydrogen) atoms. The van der Waals surface area contributed by atoms with E-state index >= 15 is 0 Å². The number of rotatable bonds is 7. The van der Waals surface area contributed by atoms with E-state index in [9.17, 15) is 9.59 Å². The van der Waals surface area contributed by atoms with Gasteiger partial charge in [-0.2, -0.15) is 0 Å². The Labute approximate surface area is 161 Å². The standard InChI is InChI=1S/C19H29N3O4Si/c1-27(2,3)13-12-26-14-22-18(23)17(20-19(22)24)15-4-6-16(7-5-15)21-8-10-25-11-9-21/h4-7,17H,8-14H2,1-3H3,(H,20,24)/t17-/m0/s1. The highest BCUT2D eigenvalue weighted by Gasteiger charge is 2.39. The molecular weight excluding hydrogens is 362 g/mol. The van der Waals surface area contributed by atoms with Crippen LogP contribution in [0.1, 0.15) is 11.6 Å².